The summed E-state index contributed by atoms with van der Waals surface area (Å²) in [5.74, 6) is 1.11. The molecule has 3 N–H and O–H groups in total. The van der Waals surface area contributed by atoms with Crippen LogP contribution in [-0.4, -0.2) is 60.7 Å². The van der Waals surface area contributed by atoms with Crippen molar-refractivity contribution >= 4 is 11.7 Å². The van der Waals surface area contributed by atoms with Crippen LogP contribution in [0, 0.1) is 0 Å². The quantitative estimate of drug-likeness (QED) is 0.762. The number of aliphatic hydroxyl groups is 2. The lowest BCUT2D eigenvalue weighted by Crippen LogP contribution is -2.50. The van der Waals surface area contributed by atoms with Crippen LogP contribution < -0.4 is 14.8 Å². The summed E-state index contributed by atoms with van der Waals surface area (Å²) in [6, 6.07) is 4.73. The monoisotopic (exact) mass is 296 g/mol. The Morgan fingerprint density at radius 1 is 1.29 bits per heavy atom. The Bertz CT molecular complexity index is 508. The maximum atomic E-state index is 12.2. The van der Waals surface area contributed by atoms with E-state index in [-0.39, 0.29) is 12.6 Å². The van der Waals surface area contributed by atoms with Crippen molar-refractivity contribution < 1.29 is 24.5 Å². The lowest BCUT2D eigenvalue weighted by Gasteiger charge is -2.33. The number of urea groups is 1. The largest absolute Gasteiger partial charge is 0.497 e. The predicted molar refractivity (Wildman–Crippen MR) is 76.8 cm³/mol. The fourth-order valence-electron chi connectivity index (χ4n) is 2.20. The molecule has 21 heavy (non-hydrogen) atoms. The van der Waals surface area contributed by atoms with Gasteiger partial charge in [0.05, 0.1) is 38.7 Å². The molecule has 0 saturated carbocycles. The molecule has 1 aliphatic rings. The lowest BCUT2D eigenvalue weighted by molar-refractivity contribution is -0.0263. The lowest BCUT2D eigenvalue weighted by atomic mass is 10.1. The van der Waals surface area contributed by atoms with Crippen molar-refractivity contribution in [3.63, 3.8) is 0 Å². The van der Waals surface area contributed by atoms with Gasteiger partial charge in [0.25, 0.3) is 0 Å². The van der Waals surface area contributed by atoms with E-state index >= 15 is 0 Å². The number of aliphatic hydroxyl groups excluding tert-OH is 2. The van der Waals surface area contributed by atoms with Crippen molar-refractivity contribution in [1.29, 1.82) is 0 Å². The van der Waals surface area contributed by atoms with Gasteiger partial charge in [0.2, 0.25) is 0 Å². The van der Waals surface area contributed by atoms with E-state index < -0.39 is 12.2 Å². The molecular formula is C14H20N2O5. The molecule has 116 valence electrons. The molecule has 1 aliphatic heterocycles. The molecule has 0 bridgehead atoms. The van der Waals surface area contributed by atoms with Gasteiger partial charge in [-0.05, 0) is 18.6 Å². The van der Waals surface area contributed by atoms with Gasteiger partial charge < -0.3 is 29.9 Å². The Balaban J connectivity index is 2.06. The zero-order valence-electron chi connectivity index (χ0n) is 12.1. The minimum absolute atomic E-state index is 0.103. The third-order valence-electron chi connectivity index (χ3n) is 3.48. The molecule has 7 heteroatoms. The topological polar surface area (TPSA) is 91.3 Å². The molecule has 1 aromatic carbocycles. The first-order chi connectivity index (χ1) is 10.0. The van der Waals surface area contributed by atoms with Crippen LogP contribution >= 0.6 is 0 Å². The van der Waals surface area contributed by atoms with Crippen molar-refractivity contribution in [3.8, 4) is 11.5 Å². The Kier molecular flexibility index (Phi) is 4.87. The number of ether oxygens (including phenoxy) is 2. The molecule has 0 aliphatic carbocycles. The molecule has 0 aromatic heterocycles. The number of hydrogen-bond acceptors (Lipinski definition) is 5. The van der Waals surface area contributed by atoms with Gasteiger partial charge in [-0.3, -0.25) is 0 Å². The van der Waals surface area contributed by atoms with Gasteiger partial charge in [-0.15, -0.1) is 0 Å². The maximum Gasteiger partial charge on any atom is 0.322 e. The van der Waals surface area contributed by atoms with Crippen LogP contribution in [0.5, 0.6) is 11.5 Å². The summed E-state index contributed by atoms with van der Waals surface area (Å²) in [7, 11) is 3.05. The first kappa shape index (κ1) is 15.4. The molecule has 2 atom stereocenters. The van der Waals surface area contributed by atoms with Crippen molar-refractivity contribution in [2.24, 2.45) is 0 Å². The van der Waals surface area contributed by atoms with Crippen LogP contribution in [0.4, 0.5) is 10.5 Å². The fourth-order valence-corrected chi connectivity index (χ4v) is 2.20. The van der Waals surface area contributed by atoms with Crippen LogP contribution in [0.15, 0.2) is 18.2 Å². The number of hydrogen-bond donors (Lipinski definition) is 3. The van der Waals surface area contributed by atoms with E-state index in [0.29, 0.717) is 30.2 Å². The number of carbonyl (C=O) groups excluding carboxylic acids is 1. The van der Waals surface area contributed by atoms with Gasteiger partial charge in [0.15, 0.2) is 0 Å². The number of nitrogens with one attached hydrogen (secondary N) is 1. The molecular weight excluding hydrogens is 276 g/mol. The summed E-state index contributed by atoms with van der Waals surface area (Å²) in [5.41, 5.74) is 0.518. The van der Waals surface area contributed by atoms with Crippen LogP contribution in [0.1, 0.15) is 6.42 Å². The highest BCUT2D eigenvalue weighted by molar-refractivity contribution is 5.91. The van der Waals surface area contributed by atoms with Crippen LogP contribution in [0.3, 0.4) is 0 Å². The number of carbonyl (C=O) groups is 1. The predicted octanol–water partition coefficient (Wildman–Crippen LogP) is 0.663. The molecule has 2 amide bonds. The average molecular weight is 296 g/mol. The number of likely N-dealkylation sites (tertiary alicyclic amines) is 1. The SMILES string of the molecule is COc1ccc(NC(=O)N2CC[C@H](O)[C@@H](O)C2)c(OC)c1. The van der Waals surface area contributed by atoms with Gasteiger partial charge in [-0.25, -0.2) is 4.79 Å². The summed E-state index contributed by atoms with van der Waals surface area (Å²) in [6.45, 7) is 0.494. The van der Waals surface area contributed by atoms with Crippen molar-refractivity contribution in [3.05, 3.63) is 18.2 Å². The van der Waals surface area contributed by atoms with E-state index in [1.807, 2.05) is 0 Å². The zero-order valence-corrected chi connectivity index (χ0v) is 12.1. The molecule has 1 aromatic rings. The van der Waals surface area contributed by atoms with Gasteiger partial charge in [-0.2, -0.15) is 0 Å². The van der Waals surface area contributed by atoms with Crippen molar-refractivity contribution in [1.82, 2.24) is 4.90 Å². The van der Waals surface area contributed by atoms with E-state index in [4.69, 9.17) is 9.47 Å². The van der Waals surface area contributed by atoms with Crippen LogP contribution in [0.2, 0.25) is 0 Å². The molecule has 0 unspecified atom stereocenters. The molecule has 7 nitrogen and oxygen atoms in total. The third kappa shape index (κ3) is 3.56. The number of amides is 2. The maximum absolute atomic E-state index is 12.2. The standard InChI is InChI=1S/C14H20N2O5/c1-20-9-3-4-10(13(7-9)21-2)15-14(19)16-6-5-11(17)12(18)8-16/h3-4,7,11-12,17-18H,5-6,8H2,1-2H3,(H,15,19)/t11-,12-/m0/s1. The number of β-amino-alcohol motifs (C(OH)–C–C–N with tert-alkyl or cyclic N) is 1. The smallest absolute Gasteiger partial charge is 0.322 e. The second-order valence-electron chi connectivity index (χ2n) is 4.87. The Labute approximate surface area is 123 Å². The van der Waals surface area contributed by atoms with E-state index in [1.54, 1.807) is 25.3 Å². The highest BCUT2D eigenvalue weighted by atomic mass is 16.5. The number of anilines is 1. The van der Waals surface area contributed by atoms with Gasteiger partial charge in [0, 0.05) is 12.6 Å². The summed E-state index contributed by atoms with van der Waals surface area (Å²) >= 11 is 0. The average Bonchev–Trinajstić information content (AvgIpc) is 2.50. The highest BCUT2D eigenvalue weighted by Gasteiger charge is 2.28. The number of rotatable bonds is 3. The van der Waals surface area contributed by atoms with E-state index in [0.717, 1.165) is 0 Å². The normalized spacial score (nSPS) is 21.8. The van der Waals surface area contributed by atoms with Gasteiger partial charge in [0.1, 0.15) is 11.5 Å². The number of piperidine rings is 1. The molecule has 1 fully saturated rings. The summed E-state index contributed by atoms with van der Waals surface area (Å²) in [6.07, 6.45) is -1.33. The Hall–Kier alpha value is -1.99. The van der Waals surface area contributed by atoms with E-state index in [9.17, 15) is 15.0 Å². The molecule has 0 spiro atoms. The number of nitrogens with zero attached hydrogens (tertiary/aromatic N) is 1. The first-order valence-electron chi connectivity index (χ1n) is 6.69. The minimum Gasteiger partial charge on any atom is -0.497 e. The van der Waals surface area contributed by atoms with Crippen LogP contribution in [0.25, 0.3) is 0 Å². The minimum atomic E-state index is -0.915. The van der Waals surface area contributed by atoms with Crippen molar-refractivity contribution in [2.75, 3.05) is 32.6 Å². The summed E-state index contributed by atoms with van der Waals surface area (Å²) in [5, 5.41) is 21.8. The molecule has 0 radical (unpaired) electrons. The van der Waals surface area contributed by atoms with E-state index in [1.165, 1.54) is 12.0 Å². The van der Waals surface area contributed by atoms with Crippen LogP contribution in [-0.2, 0) is 0 Å². The second-order valence-corrected chi connectivity index (χ2v) is 4.87. The summed E-state index contributed by atoms with van der Waals surface area (Å²) < 4.78 is 10.3. The van der Waals surface area contributed by atoms with Crippen molar-refractivity contribution in [2.45, 2.75) is 18.6 Å². The molecule has 1 heterocycles. The molecule has 2 rings (SSSR count). The summed E-state index contributed by atoms with van der Waals surface area (Å²) in [4.78, 5) is 13.6. The van der Waals surface area contributed by atoms with Gasteiger partial charge >= 0.3 is 6.03 Å². The van der Waals surface area contributed by atoms with E-state index in [2.05, 4.69) is 5.32 Å². The van der Waals surface area contributed by atoms with Gasteiger partial charge in [-0.1, -0.05) is 0 Å². The highest BCUT2D eigenvalue weighted by Crippen LogP contribution is 2.29. The number of benzene rings is 1. The Morgan fingerprint density at radius 3 is 2.67 bits per heavy atom. The Morgan fingerprint density at radius 2 is 2.05 bits per heavy atom. The second kappa shape index (κ2) is 6.64. The number of methoxy groups -OCH3 is 2. The fraction of sp³-hybridized carbons (Fsp3) is 0.500. The first-order valence-corrected chi connectivity index (χ1v) is 6.69. The zero-order chi connectivity index (χ0) is 15.4. The molecule has 1 saturated heterocycles. The third-order valence-corrected chi connectivity index (χ3v) is 3.48.